The Morgan fingerprint density at radius 3 is 2.27 bits per heavy atom. The second-order valence-corrected chi connectivity index (χ2v) is 2.56. The maximum absolute atomic E-state index is 5.65. The number of rotatable bonds is 0. The summed E-state index contributed by atoms with van der Waals surface area (Å²) in [5, 5.41) is 1.02. The Hall–Kier alpha value is -1.51. The molecule has 0 aliphatic heterocycles. The molecule has 0 radical (unpaired) electrons. The summed E-state index contributed by atoms with van der Waals surface area (Å²) in [6, 6.07) is 3.92. The second-order valence-electron chi connectivity index (χ2n) is 2.56. The Kier molecular flexibility index (Phi) is 6.18. The van der Waals surface area contributed by atoms with Gasteiger partial charge in [0.1, 0.15) is 5.82 Å². The summed E-state index contributed by atoms with van der Waals surface area (Å²) in [7, 11) is 1.99. The number of anilines is 1. The summed E-state index contributed by atoms with van der Waals surface area (Å²) in [5.74, 6) is 0.600. The summed E-state index contributed by atoms with van der Waals surface area (Å²) >= 11 is 0. The van der Waals surface area contributed by atoms with Gasteiger partial charge in [0.25, 0.3) is 0 Å². The van der Waals surface area contributed by atoms with Crippen LogP contribution in [-0.2, 0) is 7.05 Å². The molecule has 3 nitrogen and oxygen atoms in total. The molecule has 0 aliphatic carbocycles. The highest BCUT2D eigenvalue weighted by Crippen LogP contribution is 2.17. The van der Waals surface area contributed by atoms with E-state index in [1.165, 1.54) is 0 Å². The first-order valence-electron chi connectivity index (χ1n) is 5.44. The zero-order chi connectivity index (χ0) is 11.8. The Morgan fingerprint density at radius 1 is 1.13 bits per heavy atom. The highest BCUT2D eigenvalue weighted by molar-refractivity contribution is 5.88. The molecule has 0 atom stereocenters. The Labute approximate surface area is 91.9 Å². The standard InChI is InChI=1S/C8H9N3.2C2H6/c1-11-5-3-6-7(11)2-4-10-8(6)9;2*1-2/h2-5H,1H3,(H2,9,10);2*1-2H3. The van der Waals surface area contributed by atoms with Crippen LogP contribution in [0.15, 0.2) is 24.5 Å². The van der Waals surface area contributed by atoms with Crippen molar-refractivity contribution in [2.75, 3.05) is 5.73 Å². The van der Waals surface area contributed by atoms with Gasteiger partial charge < -0.3 is 10.3 Å². The maximum Gasteiger partial charge on any atom is 0.132 e. The minimum absolute atomic E-state index is 0.600. The van der Waals surface area contributed by atoms with E-state index in [9.17, 15) is 0 Å². The zero-order valence-electron chi connectivity index (χ0n) is 10.3. The third-order valence-corrected chi connectivity index (χ3v) is 1.84. The molecule has 0 bridgehead atoms. The van der Waals surface area contributed by atoms with E-state index in [4.69, 9.17) is 5.73 Å². The van der Waals surface area contributed by atoms with Crippen molar-refractivity contribution in [3.63, 3.8) is 0 Å². The molecule has 0 aliphatic rings. The molecular weight excluding hydrogens is 186 g/mol. The van der Waals surface area contributed by atoms with E-state index < -0.39 is 0 Å². The molecule has 0 saturated carbocycles. The minimum atomic E-state index is 0.600. The van der Waals surface area contributed by atoms with Gasteiger partial charge in [-0.05, 0) is 12.1 Å². The molecule has 3 heteroatoms. The molecular formula is C12H21N3. The first kappa shape index (κ1) is 13.5. The van der Waals surface area contributed by atoms with Gasteiger partial charge in [-0.25, -0.2) is 4.98 Å². The maximum atomic E-state index is 5.65. The van der Waals surface area contributed by atoms with Crippen LogP contribution in [0.1, 0.15) is 27.7 Å². The normalized spacial score (nSPS) is 8.60. The van der Waals surface area contributed by atoms with Crippen LogP contribution in [0.25, 0.3) is 10.9 Å². The average molecular weight is 207 g/mol. The molecule has 2 rings (SSSR count). The first-order chi connectivity index (χ1) is 7.29. The Morgan fingerprint density at radius 2 is 1.73 bits per heavy atom. The summed E-state index contributed by atoms with van der Waals surface area (Å²) in [6.07, 6.45) is 3.69. The third-order valence-electron chi connectivity index (χ3n) is 1.84. The van der Waals surface area contributed by atoms with E-state index in [-0.39, 0.29) is 0 Å². The van der Waals surface area contributed by atoms with Gasteiger partial charge in [0.05, 0.1) is 5.52 Å². The van der Waals surface area contributed by atoms with Crippen molar-refractivity contribution in [1.29, 1.82) is 0 Å². The predicted molar refractivity (Wildman–Crippen MR) is 67.8 cm³/mol. The highest BCUT2D eigenvalue weighted by atomic mass is 14.9. The van der Waals surface area contributed by atoms with Crippen molar-refractivity contribution in [3.8, 4) is 0 Å². The fraction of sp³-hybridized carbons (Fsp3) is 0.417. The van der Waals surface area contributed by atoms with Gasteiger partial charge in [-0.2, -0.15) is 0 Å². The van der Waals surface area contributed by atoms with Crippen molar-refractivity contribution < 1.29 is 0 Å². The largest absolute Gasteiger partial charge is 0.383 e. The zero-order valence-corrected chi connectivity index (χ0v) is 10.3. The predicted octanol–water partition coefficient (Wildman–Crippen LogP) is 3.21. The van der Waals surface area contributed by atoms with E-state index in [0.717, 1.165) is 10.9 Å². The number of nitrogen functional groups attached to an aromatic ring is 1. The number of nitrogens with zero attached hydrogens (tertiary/aromatic N) is 2. The van der Waals surface area contributed by atoms with Crippen LogP contribution in [0, 0.1) is 0 Å². The second kappa shape index (κ2) is 6.87. The summed E-state index contributed by atoms with van der Waals surface area (Å²) in [5.41, 5.74) is 6.77. The van der Waals surface area contributed by atoms with Crippen LogP contribution in [0.2, 0.25) is 0 Å². The molecule has 84 valence electrons. The van der Waals surface area contributed by atoms with Gasteiger partial charge in [-0.15, -0.1) is 0 Å². The lowest BCUT2D eigenvalue weighted by atomic mass is 10.3. The molecule has 0 saturated heterocycles. The lowest BCUT2D eigenvalue weighted by Gasteiger charge is -1.96. The quantitative estimate of drug-likeness (QED) is 0.721. The van der Waals surface area contributed by atoms with Crippen molar-refractivity contribution >= 4 is 16.7 Å². The van der Waals surface area contributed by atoms with Crippen LogP contribution in [0.4, 0.5) is 5.82 Å². The average Bonchev–Trinajstić information content (AvgIpc) is 2.68. The lowest BCUT2D eigenvalue weighted by molar-refractivity contribution is 0.968. The van der Waals surface area contributed by atoms with Gasteiger partial charge >= 0.3 is 0 Å². The number of hydrogen-bond acceptors (Lipinski definition) is 2. The lowest BCUT2D eigenvalue weighted by Crippen LogP contribution is -1.90. The fourth-order valence-corrected chi connectivity index (χ4v) is 1.22. The van der Waals surface area contributed by atoms with Gasteiger partial charge in [0, 0.05) is 24.8 Å². The smallest absolute Gasteiger partial charge is 0.132 e. The van der Waals surface area contributed by atoms with Crippen molar-refractivity contribution in [3.05, 3.63) is 24.5 Å². The number of aryl methyl sites for hydroxylation is 1. The van der Waals surface area contributed by atoms with Gasteiger partial charge in [-0.1, -0.05) is 27.7 Å². The molecule has 0 amide bonds. The van der Waals surface area contributed by atoms with E-state index in [2.05, 4.69) is 4.98 Å². The van der Waals surface area contributed by atoms with Crippen molar-refractivity contribution in [2.45, 2.75) is 27.7 Å². The molecule has 15 heavy (non-hydrogen) atoms. The summed E-state index contributed by atoms with van der Waals surface area (Å²) < 4.78 is 2.02. The number of nitrogens with two attached hydrogens (primary N) is 1. The molecule has 2 aromatic heterocycles. The van der Waals surface area contributed by atoms with Crippen LogP contribution in [0.3, 0.4) is 0 Å². The number of pyridine rings is 1. The number of hydrogen-bond donors (Lipinski definition) is 1. The molecule has 2 aromatic rings. The Bertz CT molecular complexity index is 391. The first-order valence-corrected chi connectivity index (χ1v) is 5.44. The molecule has 0 unspecified atom stereocenters. The van der Waals surface area contributed by atoms with E-state index in [1.54, 1.807) is 6.20 Å². The Balaban J connectivity index is 0.000000442. The fourth-order valence-electron chi connectivity index (χ4n) is 1.22. The molecule has 0 aromatic carbocycles. The van der Waals surface area contributed by atoms with Crippen LogP contribution < -0.4 is 5.73 Å². The summed E-state index contributed by atoms with van der Waals surface area (Å²) in [6.45, 7) is 8.00. The third kappa shape index (κ3) is 2.98. The van der Waals surface area contributed by atoms with Crippen LogP contribution in [-0.4, -0.2) is 9.55 Å². The van der Waals surface area contributed by atoms with E-state index in [1.807, 2.05) is 57.6 Å². The highest BCUT2D eigenvalue weighted by Gasteiger charge is 1.99. The van der Waals surface area contributed by atoms with Crippen molar-refractivity contribution in [2.24, 2.45) is 7.05 Å². The number of aromatic nitrogens is 2. The van der Waals surface area contributed by atoms with Crippen LogP contribution in [0.5, 0.6) is 0 Å². The van der Waals surface area contributed by atoms with Gasteiger partial charge in [-0.3, -0.25) is 0 Å². The molecule has 2 heterocycles. The molecule has 0 fully saturated rings. The SMILES string of the molecule is CC.CC.Cn1ccc2c(N)nccc21. The van der Waals surface area contributed by atoms with Gasteiger partial charge in [0.2, 0.25) is 0 Å². The molecule has 2 N–H and O–H groups in total. The van der Waals surface area contributed by atoms with Crippen molar-refractivity contribution in [1.82, 2.24) is 9.55 Å². The number of fused-ring (bicyclic) bond motifs is 1. The monoisotopic (exact) mass is 207 g/mol. The van der Waals surface area contributed by atoms with E-state index >= 15 is 0 Å². The van der Waals surface area contributed by atoms with E-state index in [0.29, 0.717) is 5.82 Å². The van der Waals surface area contributed by atoms with Crippen LogP contribution >= 0.6 is 0 Å². The minimum Gasteiger partial charge on any atom is -0.383 e. The topological polar surface area (TPSA) is 43.8 Å². The summed E-state index contributed by atoms with van der Waals surface area (Å²) in [4.78, 5) is 3.99. The van der Waals surface area contributed by atoms with Gasteiger partial charge in [0.15, 0.2) is 0 Å². The molecule has 0 spiro atoms.